The summed E-state index contributed by atoms with van der Waals surface area (Å²) in [5.41, 5.74) is 0.289. The van der Waals surface area contributed by atoms with E-state index in [9.17, 15) is 32.4 Å². The lowest BCUT2D eigenvalue weighted by Gasteiger charge is -2.28. The van der Waals surface area contributed by atoms with Crippen LogP contribution < -0.4 is 26.6 Å². The van der Waals surface area contributed by atoms with Crippen LogP contribution in [-0.4, -0.2) is 74.1 Å². The van der Waals surface area contributed by atoms with Gasteiger partial charge < -0.3 is 31.3 Å². The van der Waals surface area contributed by atoms with E-state index in [0.29, 0.717) is 19.3 Å². The molecule has 0 spiro atoms. The molecule has 0 saturated heterocycles. The Kier molecular flexibility index (Phi) is 18.1. The molecule has 5 amide bonds. The zero-order valence-corrected chi connectivity index (χ0v) is 31.2. The minimum Gasteiger partial charge on any atom is -0.445 e. The molecule has 1 aromatic carbocycles. The summed E-state index contributed by atoms with van der Waals surface area (Å²) in [5.74, 6) is -2.46. The Hall–Kier alpha value is -3.94. The summed E-state index contributed by atoms with van der Waals surface area (Å²) in [6.07, 6.45) is 3.10. The van der Waals surface area contributed by atoms with E-state index in [1.807, 2.05) is 59.7 Å². The van der Waals surface area contributed by atoms with E-state index in [4.69, 9.17) is 4.74 Å². The Morgan fingerprint density at radius 2 is 1.51 bits per heavy atom. The van der Waals surface area contributed by atoms with Crippen molar-refractivity contribution in [2.24, 2.45) is 11.8 Å². The van der Waals surface area contributed by atoms with E-state index < -0.39 is 63.4 Å². The lowest BCUT2D eigenvalue weighted by atomic mass is 9.97. The van der Waals surface area contributed by atoms with E-state index in [0.717, 1.165) is 17.2 Å². The Morgan fingerprint density at radius 1 is 0.878 bits per heavy atom. The van der Waals surface area contributed by atoms with Gasteiger partial charge in [-0.25, -0.2) is 13.2 Å². The maximum Gasteiger partial charge on any atom is 0.408 e. The summed E-state index contributed by atoms with van der Waals surface area (Å²) >= 11 is 0. The molecule has 49 heavy (non-hydrogen) atoms. The largest absolute Gasteiger partial charge is 0.445 e. The normalized spacial score (nSPS) is 15.0. The lowest BCUT2D eigenvalue weighted by molar-refractivity contribution is -0.133. The van der Waals surface area contributed by atoms with Gasteiger partial charge in [-0.15, -0.1) is 0 Å². The van der Waals surface area contributed by atoms with Crippen LogP contribution in [0, 0.1) is 11.8 Å². The molecule has 0 aromatic heterocycles. The molecule has 1 rings (SSSR count). The van der Waals surface area contributed by atoms with E-state index in [-0.39, 0.29) is 37.2 Å². The van der Waals surface area contributed by atoms with Gasteiger partial charge in [0.05, 0.1) is 0 Å². The molecule has 0 bridgehead atoms. The topological polar surface area (TPSA) is 189 Å². The highest BCUT2D eigenvalue weighted by Gasteiger charge is 2.32. The third-order valence-corrected chi connectivity index (χ3v) is 8.65. The van der Waals surface area contributed by atoms with Crippen molar-refractivity contribution in [3.8, 4) is 0 Å². The number of alkyl carbamates (subject to hydrolysis) is 1. The van der Waals surface area contributed by atoms with Crippen LogP contribution in [-0.2, 0) is 40.4 Å². The molecular formula is C35H57N5O8S. The lowest BCUT2D eigenvalue weighted by Crippen LogP contribution is -2.58. The van der Waals surface area contributed by atoms with Crippen molar-refractivity contribution in [1.29, 1.82) is 0 Å². The van der Waals surface area contributed by atoms with Crippen molar-refractivity contribution in [3.05, 3.63) is 47.4 Å². The monoisotopic (exact) mass is 707 g/mol. The number of amides is 5. The second kappa shape index (κ2) is 20.5. The zero-order valence-electron chi connectivity index (χ0n) is 30.4. The standard InChI is InChI=1S/C35H57N5O8S/c1-10-24(5)30(39-34(45)48-22-26-15-13-12-14-16-26)33(44)38-28(17-18-29(41)40-35(7,8)11-2)32(43)36-25(6)31(42)37-27(21-23(3)4)19-20-49(9,46)47/h12-16,19-20,23-25,27-28,30H,10-11,17-18,21-22H2,1-9H3,(H,36,43)(H,37,42)(H,38,44)(H,39,45)(H,40,41)/b20-19+/t24-,25-,27+,28-,30-/m0/s1. The number of rotatable bonds is 20. The summed E-state index contributed by atoms with van der Waals surface area (Å²) < 4.78 is 28.6. The van der Waals surface area contributed by atoms with Crippen LogP contribution in [0.4, 0.5) is 4.79 Å². The molecule has 0 aliphatic heterocycles. The van der Waals surface area contributed by atoms with Crippen molar-refractivity contribution in [2.75, 3.05) is 6.26 Å². The van der Waals surface area contributed by atoms with Crippen LogP contribution in [0.3, 0.4) is 0 Å². The maximum atomic E-state index is 13.6. The third-order valence-electron chi connectivity index (χ3n) is 8.00. The Morgan fingerprint density at radius 3 is 2.06 bits per heavy atom. The van der Waals surface area contributed by atoms with Crippen molar-refractivity contribution < 1.29 is 37.1 Å². The molecule has 0 aliphatic rings. The van der Waals surface area contributed by atoms with Gasteiger partial charge in [0.25, 0.3) is 0 Å². The quantitative estimate of drug-likeness (QED) is 0.136. The Bertz CT molecular complexity index is 1380. The van der Waals surface area contributed by atoms with Crippen molar-refractivity contribution in [2.45, 2.75) is 124 Å². The minimum atomic E-state index is -3.43. The SMILES string of the molecule is CC[C@H](C)[C@H](NC(=O)OCc1ccccc1)C(=O)N[C@@H](CCC(=O)NC(C)(C)CC)C(=O)N[C@@H](C)C(=O)N[C@H](/C=C/S(C)(=O)=O)CC(C)C. The molecule has 0 aliphatic carbocycles. The highest BCUT2D eigenvalue weighted by atomic mass is 32.2. The van der Waals surface area contributed by atoms with Gasteiger partial charge in [-0.2, -0.15) is 0 Å². The summed E-state index contributed by atoms with van der Waals surface area (Å²) in [7, 11) is -3.43. The summed E-state index contributed by atoms with van der Waals surface area (Å²) in [6.45, 7) is 14.6. The van der Waals surface area contributed by atoms with Gasteiger partial charge in [0.15, 0.2) is 9.84 Å². The smallest absolute Gasteiger partial charge is 0.408 e. The summed E-state index contributed by atoms with van der Waals surface area (Å²) in [5, 5.41) is 14.6. The maximum absolute atomic E-state index is 13.6. The van der Waals surface area contributed by atoms with Crippen LogP contribution >= 0.6 is 0 Å². The number of sulfone groups is 1. The molecule has 0 unspecified atom stereocenters. The minimum absolute atomic E-state index is 0.00219. The molecular weight excluding hydrogens is 650 g/mol. The second-order valence-corrected chi connectivity index (χ2v) is 15.5. The number of hydrogen-bond acceptors (Lipinski definition) is 8. The molecule has 0 saturated carbocycles. The molecule has 276 valence electrons. The van der Waals surface area contributed by atoms with Crippen LogP contribution in [0.5, 0.6) is 0 Å². The van der Waals surface area contributed by atoms with E-state index >= 15 is 0 Å². The summed E-state index contributed by atoms with van der Waals surface area (Å²) in [4.78, 5) is 65.8. The molecule has 0 heterocycles. The van der Waals surface area contributed by atoms with Crippen molar-refractivity contribution >= 4 is 39.6 Å². The van der Waals surface area contributed by atoms with Gasteiger partial charge in [0.1, 0.15) is 24.7 Å². The number of benzene rings is 1. The highest BCUT2D eigenvalue weighted by molar-refractivity contribution is 7.93. The number of nitrogens with one attached hydrogen (secondary N) is 5. The second-order valence-electron chi connectivity index (χ2n) is 13.6. The van der Waals surface area contributed by atoms with Crippen LogP contribution in [0.25, 0.3) is 0 Å². The molecule has 13 nitrogen and oxygen atoms in total. The number of hydrogen-bond donors (Lipinski definition) is 5. The van der Waals surface area contributed by atoms with Gasteiger partial charge in [-0.3, -0.25) is 19.2 Å². The molecule has 5 atom stereocenters. The first-order valence-electron chi connectivity index (χ1n) is 16.8. The molecule has 1 aromatic rings. The predicted molar refractivity (Wildman–Crippen MR) is 190 cm³/mol. The molecule has 14 heteroatoms. The van der Waals surface area contributed by atoms with E-state index in [1.165, 1.54) is 13.0 Å². The van der Waals surface area contributed by atoms with E-state index in [2.05, 4.69) is 26.6 Å². The number of carbonyl (C=O) groups excluding carboxylic acids is 5. The fourth-order valence-corrected chi connectivity index (χ4v) is 5.02. The highest BCUT2D eigenvalue weighted by Crippen LogP contribution is 2.13. The van der Waals surface area contributed by atoms with Gasteiger partial charge in [-0.05, 0) is 57.4 Å². The Labute approximate surface area is 292 Å². The average molecular weight is 708 g/mol. The first-order chi connectivity index (χ1) is 22.8. The first kappa shape index (κ1) is 43.1. The van der Waals surface area contributed by atoms with Gasteiger partial charge in [0, 0.05) is 29.7 Å². The molecule has 0 fully saturated rings. The Balaban J connectivity index is 3.15. The third kappa shape index (κ3) is 17.9. The van der Waals surface area contributed by atoms with Gasteiger partial charge >= 0.3 is 6.09 Å². The van der Waals surface area contributed by atoms with Crippen molar-refractivity contribution in [3.63, 3.8) is 0 Å². The first-order valence-corrected chi connectivity index (χ1v) is 18.8. The fourth-order valence-electron chi connectivity index (χ4n) is 4.55. The van der Waals surface area contributed by atoms with Gasteiger partial charge in [0.2, 0.25) is 23.6 Å². The number of carbonyl (C=O) groups is 5. The summed E-state index contributed by atoms with van der Waals surface area (Å²) in [6, 6.07) is 5.08. The van der Waals surface area contributed by atoms with Crippen LogP contribution in [0.15, 0.2) is 41.8 Å². The van der Waals surface area contributed by atoms with Gasteiger partial charge in [-0.1, -0.05) is 77.4 Å². The molecule has 0 radical (unpaired) electrons. The fraction of sp³-hybridized carbons (Fsp3) is 0.629. The van der Waals surface area contributed by atoms with Crippen molar-refractivity contribution in [1.82, 2.24) is 26.6 Å². The van der Waals surface area contributed by atoms with Crippen LogP contribution in [0.1, 0.15) is 93.1 Å². The predicted octanol–water partition coefficient (Wildman–Crippen LogP) is 3.49. The molecule has 5 N–H and O–H groups in total. The van der Waals surface area contributed by atoms with Crippen LogP contribution in [0.2, 0.25) is 0 Å². The zero-order chi connectivity index (χ0) is 37.4. The average Bonchev–Trinajstić information content (AvgIpc) is 3.02. The number of ether oxygens (including phenoxy) is 1. The van der Waals surface area contributed by atoms with E-state index in [1.54, 1.807) is 19.1 Å².